The summed E-state index contributed by atoms with van der Waals surface area (Å²) in [5, 5.41) is 7.56. The van der Waals surface area contributed by atoms with Crippen LogP contribution in [0.3, 0.4) is 0 Å². The first kappa shape index (κ1) is 10.9. The summed E-state index contributed by atoms with van der Waals surface area (Å²) in [6.45, 7) is 1.77. The molecule has 84 valence electrons. The van der Waals surface area contributed by atoms with Crippen LogP contribution in [0.4, 0.5) is 0 Å². The van der Waals surface area contributed by atoms with Gasteiger partial charge in [-0.2, -0.15) is 5.10 Å². The molecule has 0 fully saturated rings. The van der Waals surface area contributed by atoms with Gasteiger partial charge in [0.25, 0.3) is 0 Å². The molecule has 1 aromatic heterocycles. The zero-order valence-corrected chi connectivity index (χ0v) is 9.56. The number of benzene rings is 1. The largest absolute Gasteiger partial charge is 0.314 e. The van der Waals surface area contributed by atoms with E-state index in [1.54, 1.807) is 0 Å². The third-order valence-corrected chi connectivity index (χ3v) is 2.53. The highest BCUT2D eigenvalue weighted by Crippen LogP contribution is 2.02. The van der Waals surface area contributed by atoms with E-state index in [0.717, 1.165) is 25.2 Å². The van der Waals surface area contributed by atoms with E-state index < -0.39 is 0 Å². The predicted octanol–water partition coefficient (Wildman–Crippen LogP) is 1.85. The van der Waals surface area contributed by atoms with Crippen molar-refractivity contribution in [3.05, 3.63) is 53.9 Å². The first-order chi connectivity index (χ1) is 7.88. The maximum atomic E-state index is 4.47. The summed E-state index contributed by atoms with van der Waals surface area (Å²) in [6.07, 6.45) is 3.07. The fraction of sp³-hybridized carbons (Fsp3) is 0.308. The first-order valence-electron chi connectivity index (χ1n) is 5.59. The van der Waals surface area contributed by atoms with Gasteiger partial charge >= 0.3 is 0 Å². The number of aromatic nitrogens is 2. The molecule has 3 heteroatoms. The number of hydrogen-bond donors (Lipinski definition) is 1. The average Bonchev–Trinajstić information content (AvgIpc) is 2.76. The Morgan fingerprint density at radius 1 is 1.19 bits per heavy atom. The molecule has 0 atom stereocenters. The lowest BCUT2D eigenvalue weighted by Crippen LogP contribution is -2.07. The summed E-state index contributed by atoms with van der Waals surface area (Å²) in [4.78, 5) is 0. The van der Waals surface area contributed by atoms with Crippen LogP contribution in [0.2, 0.25) is 0 Å². The summed E-state index contributed by atoms with van der Waals surface area (Å²) in [5.74, 6) is 0. The van der Waals surface area contributed by atoms with E-state index in [0.29, 0.717) is 0 Å². The SMILES string of the molecule is CNCc1ccn(CCc2ccccc2)n1. The van der Waals surface area contributed by atoms with Crippen LogP contribution in [0.1, 0.15) is 11.3 Å². The van der Waals surface area contributed by atoms with E-state index in [4.69, 9.17) is 0 Å². The molecule has 1 heterocycles. The maximum Gasteiger partial charge on any atom is 0.0762 e. The van der Waals surface area contributed by atoms with Crippen LogP contribution in [0.5, 0.6) is 0 Å². The highest BCUT2D eigenvalue weighted by molar-refractivity contribution is 5.14. The molecule has 0 saturated heterocycles. The van der Waals surface area contributed by atoms with E-state index in [1.807, 2.05) is 24.0 Å². The van der Waals surface area contributed by atoms with Crippen molar-refractivity contribution in [2.45, 2.75) is 19.5 Å². The van der Waals surface area contributed by atoms with Gasteiger partial charge in [-0.15, -0.1) is 0 Å². The van der Waals surface area contributed by atoms with E-state index in [9.17, 15) is 0 Å². The summed E-state index contributed by atoms with van der Waals surface area (Å²) >= 11 is 0. The molecule has 0 aliphatic heterocycles. The van der Waals surface area contributed by atoms with E-state index in [-0.39, 0.29) is 0 Å². The van der Waals surface area contributed by atoms with Crippen molar-refractivity contribution in [2.75, 3.05) is 7.05 Å². The van der Waals surface area contributed by atoms with Gasteiger partial charge in [-0.05, 0) is 25.1 Å². The third-order valence-electron chi connectivity index (χ3n) is 2.53. The van der Waals surface area contributed by atoms with Crippen molar-refractivity contribution in [1.29, 1.82) is 0 Å². The van der Waals surface area contributed by atoms with Gasteiger partial charge in [0.1, 0.15) is 0 Å². The molecule has 0 aliphatic rings. The number of nitrogens with one attached hydrogen (secondary N) is 1. The highest BCUT2D eigenvalue weighted by atomic mass is 15.3. The fourth-order valence-corrected chi connectivity index (χ4v) is 1.69. The van der Waals surface area contributed by atoms with Gasteiger partial charge in [0.05, 0.1) is 5.69 Å². The second kappa shape index (κ2) is 5.47. The number of hydrogen-bond acceptors (Lipinski definition) is 2. The lowest BCUT2D eigenvalue weighted by Gasteiger charge is -2.01. The molecule has 3 nitrogen and oxygen atoms in total. The molecule has 0 unspecified atom stereocenters. The van der Waals surface area contributed by atoms with E-state index in [2.05, 4.69) is 40.7 Å². The molecular formula is C13H17N3. The Labute approximate surface area is 96.1 Å². The molecule has 1 N–H and O–H groups in total. The monoisotopic (exact) mass is 215 g/mol. The Hall–Kier alpha value is -1.61. The molecular weight excluding hydrogens is 198 g/mol. The number of aryl methyl sites for hydroxylation is 2. The number of nitrogens with zero attached hydrogens (tertiary/aromatic N) is 2. The van der Waals surface area contributed by atoms with Gasteiger partial charge in [0.2, 0.25) is 0 Å². The van der Waals surface area contributed by atoms with E-state index in [1.165, 1.54) is 5.56 Å². The van der Waals surface area contributed by atoms with Crippen molar-refractivity contribution in [1.82, 2.24) is 15.1 Å². The topological polar surface area (TPSA) is 29.9 Å². The number of rotatable bonds is 5. The van der Waals surface area contributed by atoms with Gasteiger partial charge in [-0.25, -0.2) is 0 Å². The average molecular weight is 215 g/mol. The summed E-state index contributed by atoms with van der Waals surface area (Å²) < 4.78 is 2.00. The van der Waals surface area contributed by atoms with Gasteiger partial charge in [0.15, 0.2) is 0 Å². The Bertz CT molecular complexity index is 420. The third kappa shape index (κ3) is 2.94. The molecule has 0 spiro atoms. The fourth-order valence-electron chi connectivity index (χ4n) is 1.69. The lowest BCUT2D eigenvalue weighted by molar-refractivity contribution is 0.600. The molecule has 0 saturated carbocycles. The van der Waals surface area contributed by atoms with Crippen LogP contribution < -0.4 is 5.32 Å². The van der Waals surface area contributed by atoms with Crippen LogP contribution in [0, 0.1) is 0 Å². The predicted molar refractivity (Wildman–Crippen MR) is 65.1 cm³/mol. The molecule has 16 heavy (non-hydrogen) atoms. The van der Waals surface area contributed by atoms with Crippen molar-refractivity contribution in [3.8, 4) is 0 Å². The maximum absolute atomic E-state index is 4.47. The highest BCUT2D eigenvalue weighted by Gasteiger charge is 1.98. The molecule has 0 radical (unpaired) electrons. The minimum Gasteiger partial charge on any atom is -0.314 e. The molecule has 0 aliphatic carbocycles. The van der Waals surface area contributed by atoms with Crippen molar-refractivity contribution in [2.24, 2.45) is 0 Å². The van der Waals surface area contributed by atoms with Crippen LogP contribution in [0.15, 0.2) is 42.6 Å². The lowest BCUT2D eigenvalue weighted by atomic mass is 10.2. The van der Waals surface area contributed by atoms with E-state index >= 15 is 0 Å². The van der Waals surface area contributed by atoms with Crippen LogP contribution in [-0.2, 0) is 19.5 Å². The normalized spacial score (nSPS) is 10.6. The quantitative estimate of drug-likeness (QED) is 0.825. The second-order valence-corrected chi connectivity index (χ2v) is 3.84. The van der Waals surface area contributed by atoms with Crippen molar-refractivity contribution >= 4 is 0 Å². The minimum absolute atomic E-state index is 0.832. The summed E-state index contributed by atoms with van der Waals surface area (Å²) in [6, 6.07) is 12.6. The molecule has 0 bridgehead atoms. The second-order valence-electron chi connectivity index (χ2n) is 3.84. The summed E-state index contributed by atoms with van der Waals surface area (Å²) in [7, 11) is 1.93. The van der Waals surface area contributed by atoms with Gasteiger partial charge in [-0.3, -0.25) is 4.68 Å². The Balaban J connectivity index is 1.89. The molecule has 2 rings (SSSR count). The zero-order valence-electron chi connectivity index (χ0n) is 9.56. The van der Waals surface area contributed by atoms with Gasteiger partial charge in [0, 0.05) is 19.3 Å². The van der Waals surface area contributed by atoms with Crippen molar-refractivity contribution in [3.63, 3.8) is 0 Å². The first-order valence-corrected chi connectivity index (χ1v) is 5.59. The molecule has 1 aromatic carbocycles. The smallest absolute Gasteiger partial charge is 0.0762 e. The Morgan fingerprint density at radius 3 is 2.75 bits per heavy atom. The van der Waals surface area contributed by atoms with Crippen LogP contribution in [-0.4, -0.2) is 16.8 Å². The molecule has 0 amide bonds. The van der Waals surface area contributed by atoms with Crippen molar-refractivity contribution < 1.29 is 0 Å². The molecule has 2 aromatic rings. The Kier molecular flexibility index (Phi) is 3.72. The zero-order chi connectivity index (χ0) is 11.2. The van der Waals surface area contributed by atoms with Crippen LogP contribution in [0.25, 0.3) is 0 Å². The minimum atomic E-state index is 0.832. The van der Waals surface area contributed by atoms with Gasteiger partial charge in [-0.1, -0.05) is 30.3 Å². The summed E-state index contributed by atoms with van der Waals surface area (Å²) in [5.41, 5.74) is 2.45. The van der Waals surface area contributed by atoms with Crippen LogP contribution >= 0.6 is 0 Å². The standard InChI is InChI=1S/C13H17N3/c1-14-11-13-8-10-16(15-13)9-7-12-5-3-2-4-6-12/h2-6,8,10,14H,7,9,11H2,1H3. The Morgan fingerprint density at radius 2 is 2.00 bits per heavy atom. The van der Waals surface area contributed by atoms with Gasteiger partial charge < -0.3 is 5.32 Å².